The van der Waals surface area contributed by atoms with Gasteiger partial charge in [-0.1, -0.05) is 55.8 Å². The molecule has 0 aromatic heterocycles. The largest absolute Gasteiger partial charge is 0.367 e. The van der Waals surface area contributed by atoms with E-state index in [2.05, 4.69) is 24.4 Å². The van der Waals surface area contributed by atoms with Crippen LogP contribution in [0.3, 0.4) is 0 Å². The van der Waals surface area contributed by atoms with Crippen molar-refractivity contribution in [3.63, 3.8) is 0 Å². The highest BCUT2D eigenvalue weighted by Crippen LogP contribution is 2.19. The normalized spacial score (nSPS) is 11.9. The fourth-order valence-corrected chi connectivity index (χ4v) is 2.37. The summed E-state index contributed by atoms with van der Waals surface area (Å²) in [5.41, 5.74) is 2.94. The summed E-state index contributed by atoms with van der Waals surface area (Å²) in [5, 5.41) is 2.91. The zero-order chi connectivity index (χ0) is 15.8. The van der Waals surface area contributed by atoms with Crippen molar-refractivity contribution in [3.8, 4) is 0 Å². The second-order valence-corrected chi connectivity index (χ2v) is 5.32. The monoisotopic (exact) mass is 297 g/mol. The van der Waals surface area contributed by atoms with E-state index in [-0.39, 0.29) is 5.91 Å². The minimum atomic E-state index is -0.596. The zero-order valence-corrected chi connectivity index (χ0v) is 13.2. The van der Waals surface area contributed by atoms with Crippen LogP contribution < -0.4 is 5.32 Å². The highest BCUT2D eigenvalue weighted by atomic mass is 16.5. The number of benzene rings is 2. The highest BCUT2D eigenvalue weighted by Gasteiger charge is 2.19. The number of ether oxygens (including phenoxy) is 1. The van der Waals surface area contributed by atoms with Gasteiger partial charge in [0.1, 0.15) is 0 Å². The molecule has 0 bridgehead atoms. The number of carbonyl (C=O) groups excluding carboxylic acids is 1. The summed E-state index contributed by atoms with van der Waals surface area (Å²) >= 11 is 0. The molecule has 0 unspecified atom stereocenters. The number of hydrogen-bond donors (Lipinski definition) is 1. The van der Waals surface area contributed by atoms with Gasteiger partial charge in [0.2, 0.25) is 0 Å². The molecule has 22 heavy (non-hydrogen) atoms. The van der Waals surface area contributed by atoms with Crippen molar-refractivity contribution in [1.29, 1.82) is 0 Å². The number of rotatable bonds is 7. The van der Waals surface area contributed by atoms with Gasteiger partial charge in [0.15, 0.2) is 6.10 Å². The SMILES string of the molecule is CCCCc1ccc(NC(=O)[C@@H](OC)c2ccccc2)cc1. The molecule has 0 radical (unpaired) electrons. The van der Waals surface area contributed by atoms with Crippen LogP contribution >= 0.6 is 0 Å². The smallest absolute Gasteiger partial charge is 0.258 e. The molecule has 2 aromatic rings. The van der Waals surface area contributed by atoms with E-state index in [1.165, 1.54) is 18.4 Å². The van der Waals surface area contributed by atoms with Crippen molar-refractivity contribution in [3.05, 3.63) is 65.7 Å². The first-order chi connectivity index (χ1) is 10.7. The van der Waals surface area contributed by atoms with Crippen LogP contribution in [0, 0.1) is 0 Å². The summed E-state index contributed by atoms with van der Waals surface area (Å²) in [4.78, 5) is 12.4. The van der Waals surface area contributed by atoms with Crippen LogP contribution in [-0.2, 0) is 16.0 Å². The Hall–Kier alpha value is -2.13. The van der Waals surface area contributed by atoms with Gasteiger partial charge in [0.05, 0.1) is 0 Å². The first-order valence-electron chi connectivity index (χ1n) is 7.72. The van der Waals surface area contributed by atoms with E-state index >= 15 is 0 Å². The molecule has 2 aromatic carbocycles. The van der Waals surface area contributed by atoms with Gasteiger partial charge in [-0.15, -0.1) is 0 Å². The molecule has 0 saturated heterocycles. The molecule has 1 N–H and O–H groups in total. The van der Waals surface area contributed by atoms with E-state index in [1.807, 2.05) is 42.5 Å². The molecule has 0 aliphatic carbocycles. The standard InChI is InChI=1S/C19H23NO2/c1-3-4-8-15-11-13-17(14-12-15)20-19(21)18(22-2)16-9-6-5-7-10-16/h5-7,9-14,18H,3-4,8H2,1-2H3,(H,20,21)/t18-/m0/s1. The molecule has 0 saturated carbocycles. The second kappa shape index (κ2) is 8.35. The molecule has 0 heterocycles. The molecule has 3 heteroatoms. The quantitative estimate of drug-likeness (QED) is 0.825. The number of methoxy groups -OCH3 is 1. The Morgan fingerprint density at radius 1 is 1.09 bits per heavy atom. The summed E-state index contributed by atoms with van der Waals surface area (Å²) in [7, 11) is 1.55. The lowest BCUT2D eigenvalue weighted by atomic mass is 10.1. The van der Waals surface area contributed by atoms with Crippen LogP contribution in [0.4, 0.5) is 5.69 Å². The summed E-state index contributed by atoms with van der Waals surface area (Å²) < 4.78 is 5.34. The summed E-state index contributed by atoms with van der Waals surface area (Å²) in [6.07, 6.45) is 2.85. The number of anilines is 1. The Labute approximate surface area is 132 Å². The van der Waals surface area contributed by atoms with Crippen LogP contribution in [0.5, 0.6) is 0 Å². The number of unbranched alkanes of at least 4 members (excludes halogenated alkanes) is 1. The molecule has 0 fully saturated rings. The van der Waals surface area contributed by atoms with Gasteiger partial charge in [0.25, 0.3) is 5.91 Å². The Morgan fingerprint density at radius 2 is 1.77 bits per heavy atom. The third-order valence-electron chi connectivity index (χ3n) is 3.62. The molecular formula is C19H23NO2. The Morgan fingerprint density at radius 3 is 2.36 bits per heavy atom. The predicted molar refractivity (Wildman–Crippen MR) is 89.9 cm³/mol. The first kappa shape index (κ1) is 16.2. The van der Waals surface area contributed by atoms with E-state index < -0.39 is 6.10 Å². The van der Waals surface area contributed by atoms with E-state index in [0.717, 1.165) is 17.7 Å². The fourth-order valence-electron chi connectivity index (χ4n) is 2.37. The zero-order valence-electron chi connectivity index (χ0n) is 13.2. The number of hydrogen-bond acceptors (Lipinski definition) is 2. The van der Waals surface area contributed by atoms with Gasteiger partial charge >= 0.3 is 0 Å². The van der Waals surface area contributed by atoms with Crippen LogP contribution in [0.1, 0.15) is 37.0 Å². The van der Waals surface area contributed by atoms with Crippen molar-refractivity contribution >= 4 is 11.6 Å². The first-order valence-corrected chi connectivity index (χ1v) is 7.72. The summed E-state index contributed by atoms with van der Waals surface area (Å²) in [5.74, 6) is -0.157. The number of nitrogens with one attached hydrogen (secondary N) is 1. The van der Waals surface area contributed by atoms with Crippen molar-refractivity contribution in [1.82, 2.24) is 0 Å². The van der Waals surface area contributed by atoms with Gasteiger partial charge in [-0.3, -0.25) is 4.79 Å². The third kappa shape index (κ3) is 4.43. The van der Waals surface area contributed by atoms with Gasteiger partial charge in [-0.2, -0.15) is 0 Å². The molecule has 0 aliphatic rings. The highest BCUT2D eigenvalue weighted by molar-refractivity contribution is 5.94. The molecule has 0 aliphatic heterocycles. The van der Waals surface area contributed by atoms with Gasteiger partial charge in [-0.25, -0.2) is 0 Å². The maximum Gasteiger partial charge on any atom is 0.258 e. The molecule has 3 nitrogen and oxygen atoms in total. The van der Waals surface area contributed by atoms with E-state index in [0.29, 0.717) is 0 Å². The Bertz CT molecular complexity index is 578. The topological polar surface area (TPSA) is 38.3 Å². The molecule has 1 atom stereocenters. The minimum Gasteiger partial charge on any atom is -0.367 e. The minimum absolute atomic E-state index is 0.157. The lowest BCUT2D eigenvalue weighted by Crippen LogP contribution is -2.22. The number of carbonyl (C=O) groups is 1. The fraction of sp³-hybridized carbons (Fsp3) is 0.316. The van der Waals surface area contributed by atoms with Gasteiger partial charge in [-0.05, 0) is 36.1 Å². The second-order valence-electron chi connectivity index (χ2n) is 5.32. The molecule has 1 amide bonds. The van der Waals surface area contributed by atoms with Crippen LogP contribution in [0.25, 0.3) is 0 Å². The molecule has 2 rings (SSSR count). The predicted octanol–water partition coefficient (Wildman–Crippen LogP) is 4.36. The molecular weight excluding hydrogens is 274 g/mol. The average molecular weight is 297 g/mol. The maximum absolute atomic E-state index is 12.4. The molecule has 0 spiro atoms. The van der Waals surface area contributed by atoms with E-state index in [1.54, 1.807) is 7.11 Å². The van der Waals surface area contributed by atoms with Gasteiger partial charge in [0, 0.05) is 12.8 Å². The van der Waals surface area contributed by atoms with Crippen LogP contribution in [0.2, 0.25) is 0 Å². The average Bonchev–Trinajstić information content (AvgIpc) is 2.56. The number of amides is 1. The van der Waals surface area contributed by atoms with Crippen molar-refractivity contribution < 1.29 is 9.53 Å². The van der Waals surface area contributed by atoms with E-state index in [9.17, 15) is 4.79 Å². The number of aryl methyl sites for hydroxylation is 1. The Balaban J connectivity index is 2.01. The van der Waals surface area contributed by atoms with Crippen molar-refractivity contribution in [2.24, 2.45) is 0 Å². The third-order valence-corrected chi connectivity index (χ3v) is 3.62. The maximum atomic E-state index is 12.4. The van der Waals surface area contributed by atoms with Crippen molar-refractivity contribution in [2.45, 2.75) is 32.3 Å². The van der Waals surface area contributed by atoms with Crippen LogP contribution in [-0.4, -0.2) is 13.0 Å². The van der Waals surface area contributed by atoms with Gasteiger partial charge < -0.3 is 10.1 Å². The van der Waals surface area contributed by atoms with Crippen molar-refractivity contribution in [2.75, 3.05) is 12.4 Å². The summed E-state index contributed by atoms with van der Waals surface area (Å²) in [6.45, 7) is 2.18. The van der Waals surface area contributed by atoms with Crippen LogP contribution in [0.15, 0.2) is 54.6 Å². The Kier molecular flexibility index (Phi) is 6.16. The molecule has 116 valence electrons. The summed E-state index contributed by atoms with van der Waals surface area (Å²) in [6, 6.07) is 17.5. The lowest BCUT2D eigenvalue weighted by Gasteiger charge is -2.15. The van der Waals surface area contributed by atoms with E-state index in [4.69, 9.17) is 4.74 Å². The lowest BCUT2D eigenvalue weighted by molar-refractivity contribution is -0.126.